The zero-order valence-corrected chi connectivity index (χ0v) is 21.2. The van der Waals surface area contributed by atoms with Crippen molar-refractivity contribution >= 4 is 39.1 Å². The minimum Gasteiger partial charge on any atom is -0.365 e. The first kappa shape index (κ1) is 26.0. The van der Waals surface area contributed by atoms with Crippen molar-refractivity contribution in [1.82, 2.24) is 24.5 Å². The number of aryl methyl sites for hydroxylation is 2. The molecule has 200 valence electrons. The number of benzene rings is 1. The van der Waals surface area contributed by atoms with Gasteiger partial charge in [-0.2, -0.15) is 23.4 Å². The maximum atomic E-state index is 13.7. The largest absolute Gasteiger partial charge is 0.433 e. The maximum absolute atomic E-state index is 13.7. The van der Waals surface area contributed by atoms with Crippen LogP contribution < -0.4 is 11.1 Å². The lowest BCUT2D eigenvalue weighted by atomic mass is 10.0. The van der Waals surface area contributed by atoms with Gasteiger partial charge in [0.05, 0.1) is 11.4 Å². The fraction of sp³-hybridized carbons (Fsp3) is 0.160. The van der Waals surface area contributed by atoms with Crippen LogP contribution in [-0.4, -0.2) is 36.4 Å². The Morgan fingerprint density at radius 3 is 2.41 bits per heavy atom. The van der Waals surface area contributed by atoms with Crippen LogP contribution >= 0.6 is 11.3 Å². The summed E-state index contributed by atoms with van der Waals surface area (Å²) in [7, 11) is 0. The molecule has 0 spiro atoms. The smallest absolute Gasteiger partial charge is 0.365 e. The zero-order valence-electron chi connectivity index (χ0n) is 20.4. The van der Waals surface area contributed by atoms with E-state index in [4.69, 9.17) is 5.73 Å². The Bertz CT molecular complexity index is 1740. The molecule has 9 nitrogen and oxygen atoms in total. The second-order valence-corrected chi connectivity index (χ2v) is 9.67. The molecule has 39 heavy (non-hydrogen) atoms. The molecule has 0 atom stereocenters. The number of halogens is 4. The predicted molar refractivity (Wildman–Crippen MR) is 136 cm³/mol. The van der Waals surface area contributed by atoms with Crippen molar-refractivity contribution in [3.63, 3.8) is 0 Å². The molecule has 0 unspecified atom stereocenters. The van der Waals surface area contributed by atoms with Gasteiger partial charge in [0.15, 0.2) is 5.69 Å². The molecule has 2 amide bonds. The van der Waals surface area contributed by atoms with Crippen LogP contribution in [0, 0.1) is 19.7 Å². The Hall–Kier alpha value is -4.59. The summed E-state index contributed by atoms with van der Waals surface area (Å²) in [6.07, 6.45) is -3.24. The Morgan fingerprint density at radius 2 is 1.79 bits per heavy atom. The molecule has 0 saturated heterocycles. The average molecular weight is 558 g/mol. The van der Waals surface area contributed by atoms with Crippen molar-refractivity contribution in [3.05, 3.63) is 82.1 Å². The lowest BCUT2D eigenvalue weighted by molar-refractivity contribution is -0.140. The molecular weight excluding hydrogens is 538 g/mol. The molecule has 4 aromatic heterocycles. The number of hydrogen-bond acceptors (Lipinski definition) is 6. The first-order valence-electron chi connectivity index (χ1n) is 11.4. The van der Waals surface area contributed by atoms with E-state index in [2.05, 4.69) is 20.5 Å². The number of pyridine rings is 1. The quantitative estimate of drug-likeness (QED) is 0.285. The average Bonchev–Trinajstić information content (AvgIpc) is 3.56. The molecule has 4 heterocycles. The van der Waals surface area contributed by atoms with Gasteiger partial charge in [-0.1, -0.05) is 12.1 Å². The van der Waals surface area contributed by atoms with Gasteiger partial charge >= 0.3 is 6.18 Å². The van der Waals surface area contributed by atoms with Gasteiger partial charge in [0, 0.05) is 17.3 Å². The van der Waals surface area contributed by atoms with E-state index in [0.29, 0.717) is 11.3 Å². The van der Waals surface area contributed by atoms with Gasteiger partial charge in [-0.15, -0.1) is 11.3 Å². The third-order valence-electron chi connectivity index (χ3n) is 5.83. The van der Waals surface area contributed by atoms with Crippen molar-refractivity contribution in [2.45, 2.75) is 26.7 Å². The minimum absolute atomic E-state index is 0.0126. The van der Waals surface area contributed by atoms with Crippen molar-refractivity contribution in [2.24, 2.45) is 5.73 Å². The van der Waals surface area contributed by atoms with Crippen LogP contribution in [0.3, 0.4) is 0 Å². The number of nitrogens with two attached hydrogens (primary N) is 1. The number of thiophene rings is 1. The number of hydrogen-bond donors (Lipinski definition) is 2. The molecule has 5 aromatic rings. The molecule has 0 radical (unpaired) electrons. The van der Waals surface area contributed by atoms with E-state index in [-0.39, 0.29) is 44.3 Å². The Labute approximate surface area is 221 Å². The maximum Gasteiger partial charge on any atom is 0.433 e. The molecule has 0 fully saturated rings. The highest BCUT2D eigenvalue weighted by Crippen LogP contribution is 2.43. The molecular formula is C25H19F4N7O2S. The van der Waals surface area contributed by atoms with Crippen LogP contribution in [0.2, 0.25) is 0 Å². The number of nitrogens with one attached hydrogen (secondary N) is 1. The van der Waals surface area contributed by atoms with Crippen molar-refractivity contribution in [2.75, 3.05) is 5.32 Å². The summed E-state index contributed by atoms with van der Waals surface area (Å²) in [6, 6.07) is 8.87. The van der Waals surface area contributed by atoms with Crippen molar-refractivity contribution < 1.29 is 27.2 Å². The topological polar surface area (TPSA) is 121 Å². The van der Waals surface area contributed by atoms with Gasteiger partial charge < -0.3 is 11.1 Å². The number of aromatic nitrogens is 5. The van der Waals surface area contributed by atoms with E-state index in [0.717, 1.165) is 29.6 Å². The Morgan fingerprint density at radius 1 is 1.08 bits per heavy atom. The van der Waals surface area contributed by atoms with Gasteiger partial charge in [0.25, 0.3) is 11.8 Å². The normalized spacial score (nSPS) is 11.7. The molecule has 0 aliphatic carbocycles. The van der Waals surface area contributed by atoms with Crippen molar-refractivity contribution in [3.8, 4) is 11.1 Å². The third kappa shape index (κ3) is 5.10. The van der Waals surface area contributed by atoms with Crippen LogP contribution in [0.1, 0.15) is 37.2 Å². The minimum atomic E-state index is -4.80. The van der Waals surface area contributed by atoms with E-state index in [1.165, 1.54) is 22.9 Å². The van der Waals surface area contributed by atoms with Gasteiger partial charge in [-0.25, -0.2) is 14.1 Å². The molecule has 3 N–H and O–H groups in total. The number of carbonyl (C=O) groups excluding carboxylic acids is 2. The van der Waals surface area contributed by atoms with Crippen LogP contribution in [0.4, 0.5) is 23.2 Å². The monoisotopic (exact) mass is 557 g/mol. The number of alkyl halides is 3. The summed E-state index contributed by atoms with van der Waals surface area (Å²) in [5, 5.41) is 11.2. The Balaban J connectivity index is 1.58. The summed E-state index contributed by atoms with van der Waals surface area (Å²) in [5.41, 5.74) is 6.09. The lowest BCUT2D eigenvalue weighted by Gasteiger charge is -2.12. The van der Waals surface area contributed by atoms with Crippen LogP contribution in [0.5, 0.6) is 0 Å². The highest BCUT2D eigenvalue weighted by molar-refractivity contribution is 7.21. The standard InChI is InChI=1S/C25H19F4N7O2S/c1-12-9-13(2)36(33-12)11-35-8-7-17(34-35)23(38)32-20-19-16(14-3-5-15(26)6-4-14)10-18(25(27,28)29)31-24(19)39-21(20)22(30)37/h3-10H,11H2,1-2H3,(H2,30,37)(H,32,38). The predicted octanol–water partition coefficient (Wildman–Crippen LogP) is 4.99. The molecule has 1 aromatic carbocycles. The van der Waals surface area contributed by atoms with E-state index in [1.807, 2.05) is 19.9 Å². The summed E-state index contributed by atoms with van der Waals surface area (Å²) in [4.78, 5) is 28.8. The van der Waals surface area contributed by atoms with E-state index in [1.54, 1.807) is 10.9 Å². The summed E-state index contributed by atoms with van der Waals surface area (Å²) >= 11 is 0.611. The molecule has 0 aliphatic heterocycles. The Kier molecular flexibility index (Phi) is 6.42. The lowest BCUT2D eigenvalue weighted by Crippen LogP contribution is -2.18. The molecule has 0 saturated carbocycles. The van der Waals surface area contributed by atoms with Gasteiger partial charge in [-0.3, -0.25) is 14.3 Å². The third-order valence-corrected chi connectivity index (χ3v) is 6.92. The van der Waals surface area contributed by atoms with Crippen molar-refractivity contribution in [1.29, 1.82) is 0 Å². The molecule has 0 aliphatic rings. The number of primary amides is 1. The SMILES string of the molecule is Cc1cc(C)n(Cn2ccc(C(=O)Nc3c(C(N)=O)sc4nc(C(F)(F)F)cc(-c5ccc(F)cc5)c34)n2)n1. The fourth-order valence-electron chi connectivity index (χ4n) is 4.09. The molecule has 14 heteroatoms. The second-order valence-electron chi connectivity index (χ2n) is 8.67. The van der Waals surface area contributed by atoms with Gasteiger partial charge in [0.2, 0.25) is 0 Å². The number of anilines is 1. The van der Waals surface area contributed by atoms with Crippen LogP contribution in [0.15, 0.2) is 48.7 Å². The van der Waals surface area contributed by atoms with Crippen LogP contribution in [0.25, 0.3) is 21.3 Å². The van der Waals surface area contributed by atoms with Gasteiger partial charge in [0.1, 0.15) is 27.9 Å². The molecule has 5 rings (SSSR count). The first-order chi connectivity index (χ1) is 18.4. The van der Waals surface area contributed by atoms with Crippen LogP contribution in [-0.2, 0) is 12.8 Å². The highest BCUT2D eigenvalue weighted by atomic mass is 32.1. The summed E-state index contributed by atoms with van der Waals surface area (Å²) in [5.74, 6) is -2.29. The fourth-order valence-corrected chi connectivity index (χ4v) is 5.10. The number of amides is 2. The second kappa shape index (κ2) is 9.62. The highest BCUT2D eigenvalue weighted by Gasteiger charge is 2.35. The molecule has 0 bridgehead atoms. The van der Waals surface area contributed by atoms with E-state index < -0.39 is 29.5 Å². The number of rotatable bonds is 6. The number of fused-ring (bicyclic) bond motifs is 1. The zero-order chi connectivity index (χ0) is 28.1. The van der Waals surface area contributed by atoms with E-state index >= 15 is 0 Å². The number of carbonyl (C=O) groups is 2. The van der Waals surface area contributed by atoms with E-state index in [9.17, 15) is 27.2 Å². The summed E-state index contributed by atoms with van der Waals surface area (Å²) in [6.45, 7) is 3.96. The number of nitrogens with zero attached hydrogens (tertiary/aromatic N) is 5. The first-order valence-corrected chi connectivity index (χ1v) is 12.2. The summed E-state index contributed by atoms with van der Waals surface area (Å²) < 4.78 is 57.7. The van der Waals surface area contributed by atoms with Gasteiger partial charge in [-0.05, 0) is 55.3 Å².